The van der Waals surface area contributed by atoms with Gasteiger partial charge in [0, 0.05) is 19.3 Å². The van der Waals surface area contributed by atoms with Crippen LogP contribution in [-0.2, 0) is 28.6 Å². The molecule has 0 saturated heterocycles. The first kappa shape index (κ1) is 60.1. The van der Waals surface area contributed by atoms with E-state index in [4.69, 9.17) is 14.2 Å². The molecule has 0 amide bonds. The van der Waals surface area contributed by atoms with Crippen molar-refractivity contribution >= 4 is 17.9 Å². The molecule has 0 N–H and O–H groups in total. The van der Waals surface area contributed by atoms with Gasteiger partial charge in [0.05, 0.1) is 0 Å². The first-order valence-electron chi connectivity index (χ1n) is 26.8. The van der Waals surface area contributed by atoms with E-state index in [1.54, 1.807) is 0 Å². The molecule has 0 rings (SSSR count). The summed E-state index contributed by atoms with van der Waals surface area (Å²) in [6.45, 7) is 6.48. The molecule has 0 aromatic rings. The summed E-state index contributed by atoms with van der Waals surface area (Å²) in [5.41, 5.74) is 0. The van der Waals surface area contributed by atoms with Crippen LogP contribution in [0.5, 0.6) is 0 Å². The van der Waals surface area contributed by atoms with Gasteiger partial charge in [0.25, 0.3) is 0 Å². The van der Waals surface area contributed by atoms with Gasteiger partial charge in [-0.2, -0.15) is 0 Å². The second kappa shape index (κ2) is 51.7. The molecule has 1 unspecified atom stereocenters. The summed E-state index contributed by atoms with van der Waals surface area (Å²) in [4.78, 5) is 37.8. The SMILES string of the molecule is CC/C=C\C/C=C\C/C=C\C/C=C\CCCCCCCCCCCCC(=O)OCC(COC(=O)CCCCCCCCC)OC(=O)CCCCCCC/C=C\CCCCCCCC. The Bertz CT molecular complexity index is 1150. The molecule has 0 heterocycles. The van der Waals surface area contributed by atoms with Crippen molar-refractivity contribution in [2.24, 2.45) is 0 Å². The van der Waals surface area contributed by atoms with Gasteiger partial charge in [0.15, 0.2) is 6.10 Å². The van der Waals surface area contributed by atoms with E-state index in [-0.39, 0.29) is 31.1 Å². The lowest BCUT2D eigenvalue weighted by Gasteiger charge is -2.18. The third kappa shape index (κ3) is 50.0. The average molecular weight is 881 g/mol. The molecule has 0 aromatic heterocycles. The largest absolute Gasteiger partial charge is 0.462 e. The van der Waals surface area contributed by atoms with Crippen LogP contribution in [0.3, 0.4) is 0 Å². The van der Waals surface area contributed by atoms with E-state index in [2.05, 4.69) is 81.5 Å². The van der Waals surface area contributed by atoms with Gasteiger partial charge in [0.2, 0.25) is 0 Å². The normalized spacial score (nSPS) is 12.5. The number of carbonyl (C=O) groups is 3. The van der Waals surface area contributed by atoms with Crippen LogP contribution in [0.25, 0.3) is 0 Å². The maximum Gasteiger partial charge on any atom is 0.306 e. The summed E-state index contributed by atoms with van der Waals surface area (Å²) in [5, 5.41) is 0. The smallest absolute Gasteiger partial charge is 0.306 e. The molecule has 364 valence electrons. The first-order valence-corrected chi connectivity index (χ1v) is 26.8. The minimum Gasteiger partial charge on any atom is -0.462 e. The van der Waals surface area contributed by atoms with Crippen LogP contribution in [0, 0.1) is 0 Å². The first-order chi connectivity index (χ1) is 31.0. The van der Waals surface area contributed by atoms with Crippen molar-refractivity contribution in [1.82, 2.24) is 0 Å². The molecular formula is C57H100O6. The molecule has 0 saturated carbocycles. The topological polar surface area (TPSA) is 78.9 Å². The molecule has 6 heteroatoms. The zero-order valence-electron chi connectivity index (χ0n) is 41.6. The fourth-order valence-electron chi connectivity index (χ4n) is 7.49. The predicted molar refractivity (Wildman–Crippen MR) is 270 cm³/mol. The van der Waals surface area contributed by atoms with Crippen LogP contribution in [0.2, 0.25) is 0 Å². The van der Waals surface area contributed by atoms with Crippen molar-refractivity contribution in [2.45, 2.75) is 271 Å². The Kier molecular flexibility index (Phi) is 49.4. The van der Waals surface area contributed by atoms with E-state index >= 15 is 0 Å². The van der Waals surface area contributed by atoms with Crippen LogP contribution < -0.4 is 0 Å². The van der Waals surface area contributed by atoms with E-state index in [0.29, 0.717) is 19.3 Å². The highest BCUT2D eigenvalue weighted by Crippen LogP contribution is 2.15. The molecule has 0 aliphatic carbocycles. The molecule has 0 aliphatic rings. The second-order valence-corrected chi connectivity index (χ2v) is 17.8. The van der Waals surface area contributed by atoms with Gasteiger partial charge in [-0.25, -0.2) is 0 Å². The summed E-state index contributed by atoms with van der Waals surface area (Å²) >= 11 is 0. The Labute approximate surface area is 390 Å². The number of hydrogen-bond donors (Lipinski definition) is 0. The van der Waals surface area contributed by atoms with Crippen molar-refractivity contribution in [2.75, 3.05) is 13.2 Å². The molecule has 0 aromatic carbocycles. The minimum absolute atomic E-state index is 0.0774. The number of allylic oxidation sites excluding steroid dienone is 10. The zero-order chi connectivity index (χ0) is 45.8. The fourth-order valence-corrected chi connectivity index (χ4v) is 7.49. The standard InChI is InChI=1S/C57H100O6/c1-4-7-10-13-16-18-20-22-24-25-26-27-28-29-30-31-33-34-36-38-41-44-47-50-56(59)62-53-54(52-61-55(58)49-46-43-40-15-12-9-6-3)63-57(60)51-48-45-42-39-37-35-32-23-21-19-17-14-11-8-5-2/h7,10,16,18,22-24,26-27,32,54H,4-6,8-9,11-15,17,19-21,25,28-31,33-53H2,1-3H3/b10-7-,18-16-,24-22-,27-26-,32-23-. The lowest BCUT2D eigenvalue weighted by molar-refractivity contribution is -0.167. The summed E-state index contributed by atoms with van der Waals surface area (Å²) in [5.74, 6) is -0.891. The number of hydrogen-bond acceptors (Lipinski definition) is 6. The van der Waals surface area contributed by atoms with E-state index in [0.717, 1.165) is 96.3 Å². The average Bonchev–Trinajstić information content (AvgIpc) is 3.28. The molecule has 0 spiro atoms. The molecule has 0 aliphatic heterocycles. The highest BCUT2D eigenvalue weighted by molar-refractivity contribution is 5.71. The predicted octanol–water partition coefficient (Wildman–Crippen LogP) is 17.6. The van der Waals surface area contributed by atoms with E-state index in [1.807, 2.05) is 0 Å². The van der Waals surface area contributed by atoms with Crippen molar-refractivity contribution in [3.8, 4) is 0 Å². The monoisotopic (exact) mass is 881 g/mol. The Morgan fingerprint density at radius 2 is 0.619 bits per heavy atom. The second-order valence-electron chi connectivity index (χ2n) is 17.8. The molecule has 1 atom stereocenters. The molecule has 0 fully saturated rings. The van der Waals surface area contributed by atoms with E-state index in [9.17, 15) is 14.4 Å². The van der Waals surface area contributed by atoms with Gasteiger partial charge in [-0.3, -0.25) is 14.4 Å². The van der Waals surface area contributed by atoms with Crippen LogP contribution >= 0.6 is 0 Å². The number of carbonyl (C=O) groups excluding carboxylic acids is 3. The summed E-state index contributed by atoms with van der Waals surface area (Å²) in [6.07, 6.45) is 63.7. The van der Waals surface area contributed by atoms with Gasteiger partial charge in [-0.05, 0) is 83.5 Å². The van der Waals surface area contributed by atoms with Gasteiger partial charge in [-0.1, -0.05) is 223 Å². The third-order valence-corrected chi connectivity index (χ3v) is 11.5. The van der Waals surface area contributed by atoms with Gasteiger partial charge in [-0.15, -0.1) is 0 Å². The lowest BCUT2D eigenvalue weighted by Crippen LogP contribution is -2.30. The zero-order valence-corrected chi connectivity index (χ0v) is 41.6. The molecule has 0 radical (unpaired) electrons. The van der Waals surface area contributed by atoms with Crippen LogP contribution in [-0.4, -0.2) is 37.2 Å². The molecule has 6 nitrogen and oxygen atoms in total. The number of rotatable bonds is 48. The van der Waals surface area contributed by atoms with Crippen molar-refractivity contribution in [3.05, 3.63) is 60.8 Å². The van der Waals surface area contributed by atoms with Crippen LogP contribution in [0.15, 0.2) is 60.8 Å². The Hall–Kier alpha value is -2.89. The fraction of sp³-hybridized carbons (Fsp3) is 0.772. The van der Waals surface area contributed by atoms with E-state index < -0.39 is 6.10 Å². The highest BCUT2D eigenvalue weighted by atomic mass is 16.6. The Morgan fingerprint density at radius 1 is 0.333 bits per heavy atom. The maximum absolute atomic E-state index is 12.8. The highest BCUT2D eigenvalue weighted by Gasteiger charge is 2.19. The van der Waals surface area contributed by atoms with Crippen molar-refractivity contribution in [1.29, 1.82) is 0 Å². The number of esters is 3. The van der Waals surface area contributed by atoms with Crippen LogP contribution in [0.1, 0.15) is 265 Å². The third-order valence-electron chi connectivity index (χ3n) is 11.5. The summed E-state index contributed by atoms with van der Waals surface area (Å²) < 4.78 is 16.7. The van der Waals surface area contributed by atoms with Crippen molar-refractivity contribution in [3.63, 3.8) is 0 Å². The van der Waals surface area contributed by atoms with Gasteiger partial charge in [0.1, 0.15) is 13.2 Å². The molecular weight excluding hydrogens is 781 g/mol. The minimum atomic E-state index is -0.776. The van der Waals surface area contributed by atoms with E-state index in [1.165, 1.54) is 128 Å². The summed E-state index contributed by atoms with van der Waals surface area (Å²) in [7, 11) is 0. The molecule has 0 bridgehead atoms. The Balaban J connectivity index is 4.20. The van der Waals surface area contributed by atoms with Crippen LogP contribution in [0.4, 0.5) is 0 Å². The maximum atomic E-state index is 12.8. The molecule has 63 heavy (non-hydrogen) atoms. The Morgan fingerprint density at radius 3 is 0.984 bits per heavy atom. The summed E-state index contributed by atoms with van der Waals surface area (Å²) in [6, 6.07) is 0. The van der Waals surface area contributed by atoms with Crippen molar-refractivity contribution < 1.29 is 28.6 Å². The van der Waals surface area contributed by atoms with Gasteiger partial charge < -0.3 is 14.2 Å². The quantitative estimate of drug-likeness (QED) is 0.0262. The van der Waals surface area contributed by atoms with Gasteiger partial charge >= 0.3 is 17.9 Å². The lowest BCUT2D eigenvalue weighted by atomic mass is 10.1. The number of ether oxygens (including phenoxy) is 3. The number of unbranched alkanes of at least 4 members (excludes halogenated alkanes) is 27.